The molecule has 1 atom stereocenters. The topological polar surface area (TPSA) is 75.4 Å². The first-order valence-electron chi connectivity index (χ1n) is 8.26. The van der Waals surface area contributed by atoms with Gasteiger partial charge in [0.2, 0.25) is 11.8 Å². The highest BCUT2D eigenvalue weighted by molar-refractivity contribution is 7.09. The van der Waals surface area contributed by atoms with Gasteiger partial charge in [0.25, 0.3) is 0 Å². The average molecular weight is 349 g/mol. The van der Waals surface area contributed by atoms with Crippen molar-refractivity contribution in [1.29, 1.82) is 0 Å². The molecule has 1 amide bonds. The van der Waals surface area contributed by atoms with Crippen LogP contribution in [0.3, 0.4) is 0 Å². The minimum Gasteiger partial charge on any atom is -0.348 e. The van der Waals surface area contributed by atoms with Gasteiger partial charge in [0.1, 0.15) is 5.01 Å². The fourth-order valence-electron chi connectivity index (χ4n) is 2.85. The van der Waals surface area contributed by atoms with Crippen LogP contribution in [0.25, 0.3) is 0 Å². The van der Waals surface area contributed by atoms with E-state index in [2.05, 4.69) is 20.0 Å². The standard InChI is InChI=1S/C16H23N5O2S/c1-4-13-18-16(19-23-13)12-6-5-7-21(12)9-11-10-24-14(17-11)8-15(22)20(2)3/h10,12H,4-9H2,1-3H3. The van der Waals surface area contributed by atoms with Crippen LogP contribution in [0.4, 0.5) is 0 Å². The molecule has 1 aliphatic heterocycles. The second kappa shape index (κ2) is 7.40. The van der Waals surface area contributed by atoms with E-state index >= 15 is 0 Å². The van der Waals surface area contributed by atoms with Gasteiger partial charge in [-0.1, -0.05) is 12.1 Å². The Morgan fingerprint density at radius 3 is 3.00 bits per heavy atom. The van der Waals surface area contributed by atoms with Crippen LogP contribution in [0, 0.1) is 0 Å². The number of likely N-dealkylation sites (N-methyl/N-ethyl adjacent to an activating group) is 1. The summed E-state index contributed by atoms with van der Waals surface area (Å²) in [7, 11) is 3.53. The SMILES string of the molecule is CCc1nc(C2CCCN2Cc2csc(CC(=O)N(C)C)n2)no1. The van der Waals surface area contributed by atoms with Crippen LogP contribution in [-0.4, -0.2) is 51.5 Å². The fourth-order valence-corrected chi connectivity index (χ4v) is 3.63. The van der Waals surface area contributed by atoms with Gasteiger partial charge in [0.15, 0.2) is 5.82 Å². The summed E-state index contributed by atoms with van der Waals surface area (Å²) in [6.45, 7) is 3.77. The van der Waals surface area contributed by atoms with Gasteiger partial charge in [-0.2, -0.15) is 4.98 Å². The zero-order valence-corrected chi connectivity index (χ0v) is 15.2. The quantitative estimate of drug-likeness (QED) is 0.794. The Morgan fingerprint density at radius 1 is 1.46 bits per heavy atom. The Bertz CT molecular complexity index is 696. The van der Waals surface area contributed by atoms with Gasteiger partial charge in [-0.15, -0.1) is 11.3 Å². The third kappa shape index (κ3) is 3.81. The third-order valence-electron chi connectivity index (χ3n) is 4.21. The van der Waals surface area contributed by atoms with E-state index in [9.17, 15) is 4.79 Å². The van der Waals surface area contributed by atoms with E-state index in [-0.39, 0.29) is 11.9 Å². The molecule has 130 valence electrons. The van der Waals surface area contributed by atoms with Crippen LogP contribution in [-0.2, 0) is 24.2 Å². The number of nitrogens with zero attached hydrogens (tertiary/aromatic N) is 5. The molecule has 3 rings (SSSR count). The number of carbonyl (C=O) groups is 1. The van der Waals surface area contributed by atoms with Gasteiger partial charge in [-0.05, 0) is 19.4 Å². The lowest BCUT2D eigenvalue weighted by molar-refractivity contribution is -0.127. The maximum absolute atomic E-state index is 11.8. The number of likely N-dealkylation sites (tertiary alicyclic amines) is 1. The molecular formula is C16H23N5O2S. The summed E-state index contributed by atoms with van der Waals surface area (Å²) in [6.07, 6.45) is 3.29. The lowest BCUT2D eigenvalue weighted by atomic mass is 10.2. The Hall–Kier alpha value is -1.80. The largest absolute Gasteiger partial charge is 0.348 e. The van der Waals surface area contributed by atoms with Crippen LogP contribution >= 0.6 is 11.3 Å². The monoisotopic (exact) mass is 349 g/mol. The van der Waals surface area contributed by atoms with Crippen molar-refractivity contribution in [2.24, 2.45) is 0 Å². The summed E-state index contributed by atoms with van der Waals surface area (Å²) in [5, 5.41) is 7.04. The minimum absolute atomic E-state index is 0.0776. The van der Waals surface area contributed by atoms with Gasteiger partial charge in [0, 0.05) is 32.4 Å². The van der Waals surface area contributed by atoms with E-state index in [1.165, 1.54) is 0 Å². The average Bonchev–Trinajstić information content (AvgIpc) is 3.28. The summed E-state index contributed by atoms with van der Waals surface area (Å²) in [5.74, 6) is 1.55. The van der Waals surface area contributed by atoms with Gasteiger partial charge in [-0.3, -0.25) is 9.69 Å². The van der Waals surface area contributed by atoms with Crippen molar-refractivity contribution >= 4 is 17.2 Å². The van der Waals surface area contributed by atoms with Crippen molar-refractivity contribution in [3.63, 3.8) is 0 Å². The number of carbonyl (C=O) groups excluding carboxylic acids is 1. The van der Waals surface area contributed by atoms with E-state index in [0.29, 0.717) is 12.3 Å². The molecule has 7 nitrogen and oxygen atoms in total. The highest BCUT2D eigenvalue weighted by Crippen LogP contribution is 2.31. The van der Waals surface area contributed by atoms with Gasteiger partial charge in [0.05, 0.1) is 18.2 Å². The molecule has 0 aliphatic carbocycles. The van der Waals surface area contributed by atoms with Crippen LogP contribution in [0.2, 0.25) is 0 Å². The molecule has 0 radical (unpaired) electrons. The third-order valence-corrected chi connectivity index (χ3v) is 5.11. The molecule has 0 N–H and O–H groups in total. The van der Waals surface area contributed by atoms with Crippen LogP contribution in [0.5, 0.6) is 0 Å². The molecular weight excluding hydrogens is 326 g/mol. The normalized spacial score (nSPS) is 18.2. The highest BCUT2D eigenvalue weighted by atomic mass is 32.1. The molecule has 0 aromatic carbocycles. The van der Waals surface area contributed by atoms with Crippen molar-refractivity contribution < 1.29 is 9.32 Å². The molecule has 3 heterocycles. The number of aryl methyl sites for hydroxylation is 1. The lowest BCUT2D eigenvalue weighted by Gasteiger charge is -2.20. The number of aromatic nitrogens is 3. The van der Waals surface area contributed by atoms with Crippen molar-refractivity contribution in [3.05, 3.63) is 27.8 Å². The molecule has 1 aliphatic rings. The van der Waals surface area contributed by atoms with Crippen LogP contribution in [0.15, 0.2) is 9.90 Å². The molecule has 0 saturated carbocycles. The van der Waals surface area contributed by atoms with Crippen molar-refractivity contribution in [2.45, 2.75) is 45.2 Å². The maximum Gasteiger partial charge on any atom is 0.228 e. The second-order valence-electron chi connectivity index (χ2n) is 6.23. The predicted octanol–water partition coefficient (Wildman–Crippen LogP) is 2.06. The first-order valence-corrected chi connectivity index (χ1v) is 9.14. The van der Waals surface area contributed by atoms with Gasteiger partial charge in [-0.25, -0.2) is 4.98 Å². The Labute approximate surface area is 145 Å². The Morgan fingerprint density at radius 2 is 2.29 bits per heavy atom. The lowest BCUT2D eigenvalue weighted by Crippen LogP contribution is -2.24. The molecule has 0 bridgehead atoms. The second-order valence-corrected chi connectivity index (χ2v) is 7.17. The molecule has 1 fully saturated rings. The Balaban J connectivity index is 1.64. The smallest absolute Gasteiger partial charge is 0.228 e. The van der Waals surface area contributed by atoms with E-state index in [0.717, 1.165) is 48.9 Å². The number of amides is 1. The summed E-state index contributed by atoms with van der Waals surface area (Å²) in [5.41, 5.74) is 1.01. The van der Waals surface area contributed by atoms with E-state index in [4.69, 9.17) is 4.52 Å². The molecule has 24 heavy (non-hydrogen) atoms. The molecule has 8 heteroatoms. The Kier molecular flexibility index (Phi) is 5.25. The minimum atomic E-state index is 0.0776. The first kappa shape index (κ1) is 17.0. The van der Waals surface area contributed by atoms with Crippen LogP contribution in [0.1, 0.15) is 48.2 Å². The zero-order chi connectivity index (χ0) is 17.1. The summed E-state index contributed by atoms with van der Waals surface area (Å²) < 4.78 is 5.25. The summed E-state index contributed by atoms with van der Waals surface area (Å²) in [6, 6.07) is 0.197. The number of hydrogen-bond donors (Lipinski definition) is 0. The molecule has 2 aromatic heterocycles. The highest BCUT2D eigenvalue weighted by Gasteiger charge is 2.30. The molecule has 1 saturated heterocycles. The van der Waals surface area contributed by atoms with E-state index in [1.54, 1.807) is 30.3 Å². The van der Waals surface area contributed by atoms with Crippen LogP contribution < -0.4 is 0 Å². The number of rotatable bonds is 6. The predicted molar refractivity (Wildman–Crippen MR) is 90.6 cm³/mol. The molecule has 0 spiro atoms. The number of thiazole rings is 1. The van der Waals surface area contributed by atoms with Crippen molar-refractivity contribution in [1.82, 2.24) is 24.9 Å². The molecule has 2 aromatic rings. The first-order chi connectivity index (χ1) is 11.6. The summed E-state index contributed by atoms with van der Waals surface area (Å²) in [4.78, 5) is 24.8. The zero-order valence-electron chi connectivity index (χ0n) is 14.4. The van der Waals surface area contributed by atoms with Crippen molar-refractivity contribution in [3.8, 4) is 0 Å². The maximum atomic E-state index is 11.8. The van der Waals surface area contributed by atoms with E-state index in [1.807, 2.05) is 12.3 Å². The fraction of sp³-hybridized carbons (Fsp3) is 0.625. The van der Waals surface area contributed by atoms with Gasteiger partial charge < -0.3 is 9.42 Å². The summed E-state index contributed by atoms with van der Waals surface area (Å²) >= 11 is 1.55. The van der Waals surface area contributed by atoms with Crippen molar-refractivity contribution in [2.75, 3.05) is 20.6 Å². The van der Waals surface area contributed by atoms with E-state index < -0.39 is 0 Å². The van der Waals surface area contributed by atoms with Gasteiger partial charge >= 0.3 is 0 Å². The molecule has 1 unspecified atom stereocenters. The number of hydrogen-bond acceptors (Lipinski definition) is 7.